The Labute approximate surface area is 117 Å². The van der Waals surface area contributed by atoms with Gasteiger partial charge in [-0.2, -0.15) is 0 Å². The quantitative estimate of drug-likeness (QED) is 0.776. The van der Waals surface area contributed by atoms with Gasteiger partial charge < -0.3 is 15.7 Å². The monoisotopic (exact) mass is 282 g/mol. The molecule has 3 N–H and O–H groups in total. The summed E-state index contributed by atoms with van der Waals surface area (Å²) in [5.74, 6) is -1.66. The molecule has 110 valence electrons. The number of anilines is 1. The number of benzene rings is 1. The van der Waals surface area contributed by atoms with Crippen molar-refractivity contribution in [3.05, 3.63) is 29.6 Å². The van der Waals surface area contributed by atoms with E-state index in [1.165, 1.54) is 6.07 Å². The molecule has 6 heteroatoms. The Balaban J connectivity index is 2.78. The van der Waals surface area contributed by atoms with Crippen molar-refractivity contribution in [1.29, 1.82) is 0 Å². The van der Waals surface area contributed by atoms with E-state index in [1.54, 1.807) is 0 Å². The Morgan fingerprint density at radius 1 is 1.35 bits per heavy atom. The van der Waals surface area contributed by atoms with Crippen LogP contribution in [0.15, 0.2) is 18.2 Å². The second-order valence-electron chi connectivity index (χ2n) is 4.77. The molecule has 0 aromatic heterocycles. The van der Waals surface area contributed by atoms with Crippen LogP contribution in [0.4, 0.5) is 14.9 Å². The summed E-state index contributed by atoms with van der Waals surface area (Å²) in [7, 11) is 0. The molecule has 0 aliphatic carbocycles. The van der Waals surface area contributed by atoms with Crippen molar-refractivity contribution in [3.63, 3.8) is 0 Å². The maximum Gasteiger partial charge on any atom is 0.337 e. The number of rotatable bonds is 5. The highest BCUT2D eigenvalue weighted by molar-refractivity contribution is 6.00. The standard InChI is InChI=1S/C14H19FN2O3/c1-4-8(2)9(3)16-14(20)17-12-6-5-10(15)7-11(12)13(18)19/h5-9H,4H2,1-3H3,(H,18,19)(H2,16,17,20). The van der Waals surface area contributed by atoms with E-state index < -0.39 is 17.8 Å². The van der Waals surface area contributed by atoms with Crippen LogP contribution in [0.1, 0.15) is 37.6 Å². The third-order valence-electron chi connectivity index (χ3n) is 3.32. The van der Waals surface area contributed by atoms with E-state index in [2.05, 4.69) is 10.6 Å². The molecule has 0 aliphatic rings. The summed E-state index contributed by atoms with van der Waals surface area (Å²) in [5.41, 5.74) is -0.218. The highest BCUT2D eigenvalue weighted by atomic mass is 19.1. The van der Waals surface area contributed by atoms with Gasteiger partial charge in [0.05, 0.1) is 11.3 Å². The molecule has 2 amide bonds. The first-order chi connectivity index (χ1) is 9.35. The van der Waals surface area contributed by atoms with E-state index in [-0.39, 0.29) is 17.3 Å². The van der Waals surface area contributed by atoms with E-state index in [0.29, 0.717) is 5.92 Å². The number of carbonyl (C=O) groups is 2. The van der Waals surface area contributed by atoms with E-state index in [1.807, 2.05) is 20.8 Å². The summed E-state index contributed by atoms with van der Waals surface area (Å²) >= 11 is 0. The molecule has 0 heterocycles. The number of carboxylic acids is 1. The minimum Gasteiger partial charge on any atom is -0.478 e. The molecule has 2 atom stereocenters. The number of carboxylic acid groups (broad SMARTS) is 1. The van der Waals surface area contributed by atoms with Gasteiger partial charge in [-0.1, -0.05) is 20.3 Å². The van der Waals surface area contributed by atoms with E-state index >= 15 is 0 Å². The summed E-state index contributed by atoms with van der Waals surface area (Å²) in [4.78, 5) is 22.8. The van der Waals surface area contributed by atoms with Crippen LogP contribution in [-0.2, 0) is 0 Å². The molecular formula is C14H19FN2O3. The van der Waals surface area contributed by atoms with Gasteiger partial charge in [-0.25, -0.2) is 14.0 Å². The first-order valence-electron chi connectivity index (χ1n) is 6.45. The second-order valence-corrected chi connectivity index (χ2v) is 4.77. The van der Waals surface area contributed by atoms with Crippen molar-refractivity contribution in [2.45, 2.75) is 33.2 Å². The van der Waals surface area contributed by atoms with Crippen molar-refractivity contribution >= 4 is 17.7 Å². The number of nitrogens with one attached hydrogen (secondary N) is 2. The third kappa shape index (κ3) is 4.22. The highest BCUT2D eigenvalue weighted by Crippen LogP contribution is 2.17. The molecule has 1 aromatic carbocycles. The van der Waals surface area contributed by atoms with Crippen LogP contribution in [0.2, 0.25) is 0 Å². The van der Waals surface area contributed by atoms with Gasteiger partial charge in [0.2, 0.25) is 0 Å². The molecule has 2 unspecified atom stereocenters. The van der Waals surface area contributed by atoms with Crippen LogP contribution in [0, 0.1) is 11.7 Å². The predicted octanol–water partition coefficient (Wildman–Crippen LogP) is 3.08. The van der Waals surface area contributed by atoms with Crippen molar-refractivity contribution < 1.29 is 19.1 Å². The lowest BCUT2D eigenvalue weighted by Crippen LogP contribution is -2.39. The maximum atomic E-state index is 13.0. The second kappa shape index (κ2) is 6.88. The van der Waals surface area contributed by atoms with Crippen LogP contribution in [0.3, 0.4) is 0 Å². The SMILES string of the molecule is CCC(C)C(C)NC(=O)Nc1ccc(F)cc1C(=O)O. The van der Waals surface area contributed by atoms with Crippen LogP contribution in [0.25, 0.3) is 0 Å². The van der Waals surface area contributed by atoms with Gasteiger partial charge in [0.25, 0.3) is 0 Å². The topological polar surface area (TPSA) is 78.4 Å². The van der Waals surface area contributed by atoms with Gasteiger partial charge in [0.15, 0.2) is 0 Å². The van der Waals surface area contributed by atoms with Gasteiger partial charge in [0, 0.05) is 6.04 Å². The van der Waals surface area contributed by atoms with Crippen LogP contribution in [-0.4, -0.2) is 23.1 Å². The molecule has 0 aliphatic heterocycles. The van der Waals surface area contributed by atoms with E-state index in [0.717, 1.165) is 18.6 Å². The normalized spacial score (nSPS) is 13.4. The zero-order chi connectivity index (χ0) is 15.3. The van der Waals surface area contributed by atoms with Crippen molar-refractivity contribution in [3.8, 4) is 0 Å². The third-order valence-corrected chi connectivity index (χ3v) is 3.32. The van der Waals surface area contributed by atoms with Gasteiger partial charge in [0.1, 0.15) is 5.82 Å². The molecule has 0 spiro atoms. The van der Waals surface area contributed by atoms with Crippen LogP contribution < -0.4 is 10.6 Å². The Morgan fingerprint density at radius 3 is 2.55 bits per heavy atom. The minimum absolute atomic E-state index is 0.0475. The van der Waals surface area contributed by atoms with Gasteiger partial charge in [-0.15, -0.1) is 0 Å². The lowest BCUT2D eigenvalue weighted by Gasteiger charge is -2.20. The summed E-state index contributed by atoms with van der Waals surface area (Å²) in [6.07, 6.45) is 0.915. The van der Waals surface area contributed by atoms with Crippen molar-refractivity contribution in [2.75, 3.05) is 5.32 Å². The zero-order valence-corrected chi connectivity index (χ0v) is 11.7. The molecule has 0 bridgehead atoms. The minimum atomic E-state index is -1.30. The molecule has 0 saturated carbocycles. The summed E-state index contributed by atoms with van der Waals surface area (Å²) in [6.45, 7) is 5.89. The number of amides is 2. The Kier molecular flexibility index (Phi) is 5.49. The average molecular weight is 282 g/mol. The molecule has 1 rings (SSSR count). The summed E-state index contributed by atoms with van der Waals surface area (Å²) in [5, 5.41) is 14.1. The predicted molar refractivity (Wildman–Crippen MR) is 74.4 cm³/mol. The van der Waals surface area contributed by atoms with Crippen molar-refractivity contribution in [2.24, 2.45) is 5.92 Å². The lowest BCUT2D eigenvalue weighted by molar-refractivity contribution is 0.0697. The molecule has 1 aromatic rings. The summed E-state index contributed by atoms with van der Waals surface area (Å²) < 4.78 is 13.0. The number of hydrogen-bond acceptors (Lipinski definition) is 2. The first kappa shape index (κ1) is 15.9. The average Bonchev–Trinajstić information content (AvgIpc) is 2.39. The van der Waals surface area contributed by atoms with E-state index in [4.69, 9.17) is 5.11 Å². The summed E-state index contributed by atoms with van der Waals surface area (Å²) in [6, 6.07) is 2.64. The Bertz CT molecular complexity index is 505. The lowest BCUT2D eigenvalue weighted by atomic mass is 10.0. The van der Waals surface area contributed by atoms with Gasteiger partial charge in [-0.3, -0.25) is 0 Å². The number of hydrogen-bond donors (Lipinski definition) is 3. The maximum absolute atomic E-state index is 13.0. The fraction of sp³-hybridized carbons (Fsp3) is 0.429. The molecule has 20 heavy (non-hydrogen) atoms. The zero-order valence-electron chi connectivity index (χ0n) is 11.7. The first-order valence-corrected chi connectivity index (χ1v) is 6.45. The fourth-order valence-electron chi connectivity index (χ4n) is 1.66. The molecular weight excluding hydrogens is 263 g/mol. The van der Waals surface area contributed by atoms with Gasteiger partial charge >= 0.3 is 12.0 Å². The number of carbonyl (C=O) groups excluding carboxylic acids is 1. The molecule has 0 saturated heterocycles. The smallest absolute Gasteiger partial charge is 0.337 e. The molecule has 0 fully saturated rings. The number of urea groups is 1. The highest BCUT2D eigenvalue weighted by Gasteiger charge is 2.16. The Hall–Kier alpha value is -2.11. The molecule has 0 radical (unpaired) electrons. The van der Waals surface area contributed by atoms with E-state index in [9.17, 15) is 14.0 Å². The van der Waals surface area contributed by atoms with Crippen LogP contribution >= 0.6 is 0 Å². The van der Waals surface area contributed by atoms with Crippen molar-refractivity contribution in [1.82, 2.24) is 5.32 Å². The number of halogens is 1. The Morgan fingerprint density at radius 2 is 2.00 bits per heavy atom. The largest absolute Gasteiger partial charge is 0.478 e. The molecule has 5 nitrogen and oxygen atoms in total. The fourth-order valence-corrected chi connectivity index (χ4v) is 1.66. The van der Waals surface area contributed by atoms with Crippen LogP contribution in [0.5, 0.6) is 0 Å². The van der Waals surface area contributed by atoms with Gasteiger partial charge in [-0.05, 0) is 31.0 Å². The number of aromatic carboxylic acids is 1.